The minimum absolute atomic E-state index is 0.0361. The highest BCUT2D eigenvalue weighted by Gasteiger charge is 2.35. The van der Waals surface area contributed by atoms with Crippen molar-refractivity contribution in [1.29, 1.82) is 0 Å². The fourth-order valence-electron chi connectivity index (χ4n) is 3.69. The molecule has 1 saturated heterocycles. The second-order valence-electron chi connectivity index (χ2n) is 7.28. The number of thiazole rings is 1. The Bertz CT molecular complexity index is 1180. The zero-order valence-electron chi connectivity index (χ0n) is 16.1. The molecule has 5 rings (SSSR count). The van der Waals surface area contributed by atoms with Gasteiger partial charge in [0.2, 0.25) is 11.8 Å². The molecule has 1 aliphatic rings. The van der Waals surface area contributed by atoms with Crippen LogP contribution in [0.5, 0.6) is 0 Å². The van der Waals surface area contributed by atoms with Gasteiger partial charge in [0.25, 0.3) is 0 Å². The summed E-state index contributed by atoms with van der Waals surface area (Å²) < 4.78 is 6.43. The van der Waals surface area contributed by atoms with Crippen molar-refractivity contribution in [2.75, 3.05) is 11.9 Å². The Balaban J connectivity index is 1.34. The number of furan rings is 1. The molecule has 1 aliphatic heterocycles. The van der Waals surface area contributed by atoms with Crippen LogP contribution in [0.25, 0.3) is 20.8 Å². The average Bonchev–Trinajstić information content (AvgIpc) is 3.49. The minimum atomic E-state index is -0.393. The van der Waals surface area contributed by atoms with Crippen LogP contribution in [0.1, 0.15) is 12.2 Å². The van der Waals surface area contributed by atoms with Gasteiger partial charge in [-0.3, -0.25) is 9.59 Å². The fraction of sp³-hybridized carbons (Fsp3) is 0.174. The lowest BCUT2D eigenvalue weighted by atomic mass is 10.1. The van der Waals surface area contributed by atoms with Crippen LogP contribution in [0.4, 0.5) is 5.69 Å². The highest BCUT2D eigenvalue weighted by molar-refractivity contribution is 7.21. The number of hydrogen-bond donors (Lipinski definition) is 1. The molecule has 2 amide bonds. The first-order valence-corrected chi connectivity index (χ1v) is 10.5. The minimum Gasteiger partial charge on any atom is -0.467 e. The van der Waals surface area contributed by atoms with Crippen molar-refractivity contribution < 1.29 is 14.0 Å². The third-order valence-electron chi connectivity index (χ3n) is 5.22. The topological polar surface area (TPSA) is 75.4 Å². The summed E-state index contributed by atoms with van der Waals surface area (Å²) in [5, 5.41) is 3.88. The summed E-state index contributed by atoms with van der Waals surface area (Å²) in [6.45, 7) is 0.770. The standard InChI is InChI=1S/C23H19N3O3S/c27-21-12-15(13-26(21)14-16-6-5-11-29-16)22(28)24-18-8-2-1-7-17(18)23-25-19-9-3-4-10-20(19)30-23/h1-11,15H,12-14H2,(H,24,28)/t15-/m1/s1. The van der Waals surface area contributed by atoms with E-state index in [0.29, 0.717) is 24.5 Å². The summed E-state index contributed by atoms with van der Waals surface area (Å²) in [6.07, 6.45) is 1.79. The molecule has 4 aromatic rings. The first kappa shape index (κ1) is 18.6. The number of rotatable bonds is 5. The van der Waals surface area contributed by atoms with Gasteiger partial charge in [-0.05, 0) is 36.4 Å². The number of aromatic nitrogens is 1. The van der Waals surface area contributed by atoms with Crippen molar-refractivity contribution in [2.24, 2.45) is 5.92 Å². The second-order valence-corrected chi connectivity index (χ2v) is 8.31. The summed E-state index contributed by atoms with van der Waals surface area (Å²) >= 11 is 1.59. The van der Waals surface area contributed by atoms with Crippen LogP contribution in [0.15, 0.2) is 71.3 Å². The number of carbonyl (C=O) groups is 2. The Morgan fingerprint density at radius 1 is 1.13 bits per heavy atom. The number of benzene rings is 2. The number of carbonyl (C=O) groups excluding carboxylic acids is 2. The SMILES string of the molecule is O=C(Nc1ccccc1-c1nc2ccccc2s1)[C@@H]1CC(=O)N(Cc2ccco2)C1. The molecular weight excluding hydrogens is 398 g/mol. The molecule has 1 fully saturated rings. The van der Waals surface area contributed by atoms with Gasteiger partial charge in [0.1, 0.15) is 10.8 Å². The Hall–Kier alpha value is -3.45. The molecule has 0 spiro atoms. The predicted octanol–water partition coefficient (Wildman–Crippen LogP) is 4.54. The maximum atomic E-state index is 12.9. The van der Waals surface area contributed by atoms with Gasteiger partial charge in [0.05, 0.1) is 34.6 Å². The lowest BCUT2D eigenvalue weighted by Gasteiger charge is -2.15. The maximum absolute atomic E-state index is 12.9. The van der Waals surface area contributed by atoms with E-state index in [0.717, 1.165) is 20.8 Å². The van der Waals surface area contributed by atoms with Gasteiger partial charge in [-0.2, -0.15) is 0 Å². The second kappa shape index (κ2) is 7.76. The van der Waals surface area contributed by atoms with Crippen LogP contribution in [0, 0.1) is 5.92 Å². The van der Waals surface area contributed by atoms with Crippen molar-refractivity contribution >= 4 is 39.1 Å². The number of fused-ring (bicyclic) bond motifs is 1. The third-order valence-corrected chi connectivity index (χ3v) is 6.29. The summed E-state index contributed by atoms with van der Waals surface area (Å²) in [4.78, 5) is 31.7. The van der Waals surface area contributed by atoms with Gasteiger partial charge in [-0.1, -0.05) is 24.3 Å². The zero-order chi connectivity index (χ0) is 20.5. The van der Waals surface area contributed by atoms with Gasteiger partial charge < -0.3 is 14.6 Å². The van der Waals surface area contributed by atoms with Gasteiger partial charge in [-0.15, -0.1) is 11.3 Å². The van der Waals surface area contributed by atoms with Crippen molar-refractivity contribution in [3.05, 3.63) is 72.7 Å². The fourth-order valence-corrected chi connectivity index (χ4v) is 4.70. The van der Waals surface area contributed by atoms with E-state index >= 15 is 0 Å². The molecule has 0 bridgehead atoms. The molecule has 1 N–H and O–H groups in total. The molecule has 0 unspecified atom stereocenters. The number of amides is 2. The van der Waals surface area contributed by atoms with Crippen LogP contribution in [0.2, 0.25) is 0 Å². The van der Waals surface area contributed by atoms with Crippen molar-refractivity contribution in [2.45, 2.75) is 13.0 Å². The van der Waals surface area contributed by atoms with Crippen LogP contribution >= 0.6 is 11.3 Å². The molecule has 7 heteroatoms. The van der Waals surface area contributed by atoms with Crippen molar-refractivity contribution in [1.82, 2.24) is 9.88 Å². The summed E-state index contributed by atoms with van der Waals surface area (Å²) in [5.41, 5.74) is 2.52. The molecule has 2 aromatic carbocycles. The molecule has 3 heterocycles. The normalized spacial score (nSPS) is 16.3. The Morgan fingerprint density at radius 3 is 2.80 bits per heavy atom. The molecule has 0 saturated carbocycles. The molecule has 0 aliphatic carbocycles. The van der Waals surface area contributed by atoms with E-state index < -0.39 is 5.92 Å². The maximum Gasteiger partial charge on any atom is 0.229 e. The van der Waals surface area contributed by atoms with Crippen molar-refractivity contribution in [3.8, 4) is 10.6 Å². The largest absolute Gasteiger partial charge is 0.467 e. The molecule has 2 aromatic heterocycles. The summed E-state index contributed by atoms with van der Waals surface area (Å²) in [6, 6.07) is 19.2. The summed E-state index contributed by atoms with van der Waals surface area (Å²) in [7, 11) is 0. The van der Waals surface area contributed by atoms with Crippen molar-refractivity contribution in [3.63, 3.8) is 0 Å². The van der Waals surface area contributed by atoms with E-state index in [4.69, 9.17) is 9.40 Å². The molecule has 1 atom stereocenters. The third kappa shape index (κ3) is 3.59. The highest BCUT2D eigenvalue weighted by Crippen LogP contribution is 2.35. The number of likely N-dealkylation sites (tertiary alicyclic amines) is 1. The van der Waals surface area contributed by atoms with E-state index in [2.05, 4.69) is 5.32 Å². The monoisotopic (exact) mass is 417 g/mol. The molecule has 30 heavy (non-hydrogen) atoms. The lowest BCUT2D eigenvalue weighted by Crippen LogP contribution is -2.28. The van der Waals surface area contributed by atoms with Gasteiger partial charge >= 0.3 is 0 Å². The van der Waals surface area contributed by atoms with Crippen LogP contribution < -0.4 is 5.32 Å². The van der Waals surface area contributed by atoms with Crippen LogP contribution in [-0.4, -0.2) is 28.2 Å². The first-order valence-electron chi connectivity index (χ1n) is 9.73. The molecule has 6 nitrogen and oxygen atoms in total. The van der Waals surface area contributed by atoms with E-state index in [-0.39, 0.29) is 18.2 Å². The predicted molar refractivity (Wildman–Crippen MR) is 116 cm³/mol. The lowest BCUT2D eigenvalue weighted by molar-refractivity contribution is -0.128. The smallest absolute Gasteiger partial charge is 0.229 e. The van der Waals surface area contributed by atoms with Gasteiger partial charge in [0.15, 0.2) is 0 Å². The average molecular weight is 417 g/mol. The molecule has 0 radical (unpaired) electrons. The highest BCUT2D eigenvalue weighted by atomic mass is 32.1. The molecule has 150 valence electrons. The Labute approximate surface area is 177 Å². The number of hydrogen-bond acceptors (Lipinski definition) is 5. The summed E-state index contributed by atoms with van der Waals surface area (Å²) in [5.74, 6) is 0.131. The van der Waals surface area contributed by atoms with Gasteiger partial charge in [0, 0.05) is 18.5 Å². The van der Waals surface area contributed by atoms with Crippen LogP contribution in [0.3, 0.4) is 0 Å². The first-order chi connectivity index (χ1) is 14.7. The zero-order valence-corrected chi connectivity index (χ0v) is 16.9. The van der Waals surface area contributed by atoms with Crippen LogP contribution in [-0.2, 0) is 16.1 Å². The van der Waals surface area contributed by atoms with Gasteiger partial charge in [-0.25, -0.2) is 4.98 Å². The Morgan fingerprint density at radius 2 is 1.97 bits per heavy atom. The number of nitrogens with one attached hydrogen (secondary N) is 1. The molecular formula is C23H19N3O3S. The van der Waals surface area contributed by atoms with E-state index in [9.17, 15) is 9.59 Å². The number of anilines is 1. The van der Waals surface area contributed by atoms with E-state index in [1.165, 1.54) is 0 Å². The van der Waals surface area contributed by atoms with E-state index in [1.54, 1.807) is 28.6 Å². The number of para-hydroxylation sites is 2. The Kier molecular flexibility index (Phi) is 4.80. The quantitative estimate of drug-likeness (QED) is 0.517. The number of nitrogens with zero attached hydrogens (tertiary/aromatic N) is 2. The van der Waals surface area contributed by atoms with E-state index in [1.807, 2.05) is 54.6 Å².